The van der Waals surface area contributed by atoms with Crippen LogP contribution in [-0.2, 0) is 9.53 Å². The van der Waals surface area contributed by atoms with Crippen molar-refractivity contribution in [2.24, 2.45) is 0 Å². The Morgan fingerprint density at radius 1 is 0.950 bits per heavy atom. The number of urea groups is 2. The Kier molecular flexibility index (Phi) is 9.40. The fraction of sp³-hybridized carbons (Fsp3) is 0.258. The first-order valence-corrected chi connectivity index (χ1v) is 13.3. The maximum Gasteiger partial charge on any atom is 0.338 e. The second kappa shape index (κ2) is 13.3. The average molecular weight is 543 g/mol. The summed E-state index contributed by atoms with van der Waals surface area (Å²) in [7, 11) is 1.53. The van der Waals surface area contributed by atoms with Gasteiger partial charge < -0.3 is 25.4 Å². The van der Waals surface area contributed by atoms with Crippen LogP contribution in [0.3, 0.4) is 0 Å². The number of carbonyl (C=O) groups is 3. The molecule has 1 atom stereocenters. The van der Waals surface area contributed by atoms with E-state index in [1.54, 1.807) is 54.3 Å². The lowest BCUT2D eigenvalue weighted by Gasteiger charge is -2.37. The first-order valence-electron chi connectivity index (χ1n) is 13.3. The van der Waals surface area contributed by atoms with Crippen LogP contribution in [0, 0.1) is 0 Å². The van der Waals surface area contributed by atoms with Crippen LogP contribution in [0.2, 0.25) is 0 Å². The first kappa shape index (κ1) is 28.2. The molecule has 3 N–H and O–H groups in total. The molecular weight excluding hydrogens is 508 g/mol. The van der Waals surface area contributed by atoms with Crippen LogP contribution in [-0.4, -0.2) is 43.2 Å². The predicted octanol–water partition coefficient (Wildman–Crippen LogP) is 6.18. The number of nitrogens with one attached hydrogen (secondary N) is 3. The van der Waals surface area contributed by atoms with Crippen molar-refractivity contribution >= 4 is 35.1 Å². The Morgan fingerprint density at radius 3 is 2.42 bits per heavy atom. The largest absolute Gasteiger partial charge is 0.495 e. The lowest BCUT2D eigenvalue weighted by molar-refractivity contribution is -0.138. The minimum absolute atomic E-state index is 0.185. The van der Waals surface area contributed by atoms with Gasteiger partial charge in [-0.1, -0.05) is 67.9 Å². The molecule has 0 saturated carbocycles. The molecule has 9 heteroatoms. The summed E-state index contributed by atoms with van der Waals surface area (Å²) >= 11 is 0. The third-order valence-corrected chi connectivity index (χ3v) is 6.44. The first-order chi connectivity index (χ1) is 19.5. The number of carbonyl (C=O) groups excluding carboxylic acids is 3. The number of amides is 4. The minimum Gasteiger partial charge on any atom is -0.495 e. The maximum atomic E-state index is 13.5. The highest BCUT2D eigenvalue weighted by molar-refractivity contribution is 6.05. The van der Waals surface area contributed by atoms with Gasteiger partial charge in [0.05, 0.1) is 36.7 Å². The molecule has 1 aliphatic rings. The van der Waals surface area contributed by atoms with E-state index in [4.69, 9.17) is 9.47 Å². The van der Waals surface area contributed by atoms with E-state index in [-0.39, 0.29) is 12.6 Å². The zero-order valence-corrected chi connectivity index (χ0v) is 22.9. The average Bonchev–Trinajstić information content (AvgIpc) is 2.97. The van der Waals surface area contributed by atoms with Gasteiger partial charge in [0.2, 0.25) is 0 Å². The van der Waals surface area contributed by atoms with E-state index in [1.165, 1.54) is 7.11 Å². The van der Waals surface area contributed by atoms with Gasteiger partial charge in [-0.2, -0.15) is 0 Å². The number of benzene rings is 3. The van der Waals surface area contributed by atoms with E-state index >= 15 is 0 Å². The Morgan fingerprint density at radius 2 is 1.70 bits per heavy atom. The summed E-state index contributed by atoms with van der Waals surface area (Å²) in [6, 6.07) is 21.9. The van der Waals surface area contributed by atoms with Crippen LogP contribution < -0.4 is 20.7 Å². The van der Waals surface area contributed by atoms with Crippen molar-refractivity contribution in [2.75, 3.05) is 30.9 Å². The summed E-state index contributed by atoms with van der Waals surface area (Å²) in [6.45, 7) is 4.43. The molecule has 3 aromatic carbocycles. The van der Waals surface area contributed by atoms with Gasteiger partial charge >= 0.3 is 18.0 Å². The van der Waals surface area contributed by atoms with Gasteiger partial charge in [0.1, 0.15) is 5.75 Å². The number of anilines is 2. The standard InChI is InChI=1S/C31H34N4O5/c1-4-6-19-35-28(21-13-8-7-9-14-21)26(29(36)40-5-2)27(34-31(35)38)22-15-12-16-23(20-22)32-30(37)33-24-17-10-11-18-25(24)39-3/h7-18,20,27H,4-6,19H2,1-3H3,(H,34,38)(H2,32,33,37). The summed E-state index contributed by atoms with van der Waals surface area (Å²) in [5, 5.41) is 8.60. The summed E-state index contributed by atoms with van der Waals surface area (Å²) in [5.74, 6) is 0.0155. The number of unbranched alkanes of at least 4 members (excludes halogenated alkanes) is 1. The maximum absolute atomic E-state index is 13.5. The van der Waals surface area contributed by atoms with Gasteiger partial charge in [0.25, 0.3) is 0 Å². The third-order valence-electron chi connectivity index (χ3n) is 6.44. The van der Waals surface area contributed by atoms with Gasteiger partial charge in [-0.05, 0) is 48.7 Å². The Balaban J connectivity index is 1.72. The van der Waals surface area contributed by atoms with E-state index in [1.807, 2.05) is 43.3 Å². The number of hydrogen-bond donors (Lipinski definition) is 3. The fourth-order valence-corrected chi connectivity index (χ4v) is 4.60. The molecule has 0 aromatic heterocycles. The number of nitrogens with zero attached hydrogens (tertiary/aromatic N) is 1. The highest BCUT2D eigenvalue weighted by Crippen LogP contribution is 2.37. The number of methoxy groups -OCH3 is 1. The van der Waals surface area contributed by atoms with Crippen LogP contribution in [0.15, 0.2) is 84.4 Å². The van der Waals surface area contributed by atoms with Gasteiger partial charge in [0.15, 0.2) is 0 Å². The monoisotopic (exact) mass is 542 g/mol. The molecule has 208 valence electrons. The van der Waals surface area contributed by atoms with Crippen molar-refractivity contribution in [1.82, 2.24) is 10.2 Å². The second-order valence-electron chi connectivity index (χ2n) is 9.14. The van der Waals surface area contributed by atoms with Crippen molar-refractivity contribution < 1.29 is 23.9 Å². The third kappa shape index (κ3) is 6.43. The minimum atomic E-state index is -0.793. The molecule has 0 aliphatic carbocycles. The highest BCUT2D eigenvalue weighted by atomic mass is 16.5. The quantitative estimate of drug-likeness (QED) is 0.265. The highest BCUT2D eigenvalue weighted by Gasteiger charge is 2.38. The molecule has 9 nitrogen and oxygen atoms in total. The zero-order valence-electron chi connectivity index (χ0n) is 22.9. The SMILES string of the molecule is CCCCN1C(=O)NC(c2cccc(NC(=O)Nc3ccccc3OC)c2)C(C(=O)OCC)=C1c1ccccc1. The van der Waals surface area contributed by atoms with Crippen LogP contribution in [0.1, 0.15) is 43.9 Å². The van der Waals surface area contributed by atoms with E-state index in [2.05, 4.69) is 16.0 Å². The topological polar surface area (TPSA) is 109 Å². The second-order valence-corrected chi connectivity index (χ2v) is 9.14. The van der Waals surface area contributed by atoms with Gasteiger partial charge in [-0.15, -0.1) is 0 Å². The van der Waals surface area contributed by atoms with Crippen molar-refractivity contribution in [3.8, 4) is 5.75 Å². The normalized spacial score (nSPS) is 14.8. The lowest BCUT2D eigenvalue weighted by Crippen LogP contribution is -2.48. The lowest BCUT2D eigenvalue weighted by atomic mass is 9.91. The zero-order chi connectivity index (χ0) is 28.5. The number of para-hydroxylation sites is 2. The summed E-state index contributed by atoms with van der Waals surface area (Å²) in [6.07, 6.45) is 1.65. The Labute approximate surface area is 234 Å². The van der Waals surface area contributed by atoms with E-state index in [0.717, 1.165) is 18.4 Å². The molecule has 40 heavy (non-hydrogen) atoms. The molecule has 0 saturated heterocycles. The van der Waals surface area contributed by atoms with Crippen molar-refractivity contribution in [3.05, 3.63) is 95.6 Å². The smallest absolute Gasteiger partial charge is 0.338 e. The van der Waals surface area contributed by atoms with Crippen molar-refractivity contribution in [3.63, 3.8) is 0 Å². The molecule has 0 radical (unpaired) electrons. The summed E-state index contributed by atoms with van der Waals surface area (Å²) in [4.78, 5) is 41.3. The van der Waals surface area contributed by atoms with Crippen molar-refractivity contribution in [1.29, 1.82) is 0 Å². The van der Waals surface area contributed by atoms with E-state index in [9.17, 15) is 14.4 Å². The molecule has 3 aromatic rings. The Bertz CT molecular complexity index is 1390. The molecule has 0 spiro atoms. The van der Waals surface area contributed by atoms with Crippen LogP contribution in [0.4, 0.5) is 21.0 Å². The molecule has 4 amide bonds. The summed E-state index contributed by atoms with van der Waals surface area (Å²) < 4.78 is 10.8. The van der Waals surface area contributed by atoms with Gasteiger partial charge in [-0.3, -0.25) is 4.90 Å². The summed E-state index contributed by atoms with van der Waals surface area (Å²) in [5.41, 5.74) is 3.22. The van der Waals surface area contributed by atoms with Crippen LogP contribution >= 0.6 is 0 Å². The number of ether oxygens (including phenoxy) is 2. The van der Waals surface area contributed by atoms with Crippen LogP contribution in [0.5, 0.6) is 5.75 Å². The molecule has 0 bridgehead atoms. The van der Waals surface area contributed by atoms with E-state index < -0.39 is 18.0 Å². The number of esters is 1. The predicted molar refractivity (Wildman–Crippen MR) is 155 cm³/mol. The molecule has 1 heterocycles. The molecule has 1 aliphatic heterocycles. The molecule has 0 fully saturated rings. The molecular formula is C31H34N4O5. The van der Waals surface area contributed by atoms with Gasteiger partial charge in [0, 0.05) is 12.2 Å². The van der Waals surface area contributed by atoms with Gasteiger partial charge in [-0.25, -0.2) is 14.4 Å². The molecule has 4 rings (SSSR count). The van der Waals surface area contributed by atoms with Crippen molar-refractivity contribution in [2.45, 2.75) is 32.7 Å². The van der Waals surface area contributed by atoms with E-state index in [0.29, 0.717) is 40.5 Å². The fourth-order valence-electron chi connectivity index (χ4n) is 4.60. The number of hydrogen-bond acceptors (Lipinski definition) is 5. The van der Waals surface area contributed by atoms with Crippen LogP contribution in [0.25, 0.3) is 5.70 Å². The Hall–Kier alpha value is -4.79. The number of rotatable bonds is 10. The molecule has 1 unspecified atom stereocenters.